The zero-order chi connectivity index (χ0) is 16.1. The number of aryl methyl sites for hydroxylation is 2. The summed E-state index contributed by atoms with van der Waals surface area (Å²) in [6.45, 7) is 4.02. The number of phenolic OH excluding ortho intramolecular Hbond substituents is 1. The first-order valence-electron chi connectivity index (χ1n) is 7.26. The van der Waals surface area contributed by atoms with Crippen LogP contribution in [0.3, 0.4) is 0 Å². The fourth-order valence-electron chi connectivity index (χ4n) is 2.86. The van der Waals surface area contributed by atoms with Crippen LogP contribution in [-0.2, 0) is 0 Å². The third-order valence-corrected chi connectivity index (χ3v) is 4.87. The van der Waals surface area contributed by atoms with Gasteiger partial charge in [0.25, 0.3) is 5.56 Å². The number of para-hydroxylation sites is 1. The zero-order valence-corrected chi connectivity index (χ0v) is 13.5. The standard InChI is InChI=1S/C18H14N2O2S/c1-10-7-11(2)16-13(8-10)20-17(22)15(23-18(20)19-16)9-12-5-3-4-6-14(12)21/h3-9,21H,1-2H3/b15-9-. The number of hydrogen-bond donors (Lipinski definition) is 1. The van der Waals surface area contributed by atoms with Crippen LogP contribution in [0.15, 0.2) is 41.2 Å². The largest absolute Gasteiger partial charge is 0.507 e. The van der Waals surface area contributed by atoms with Crippen LogP contribution in [0, 0.1) is 13.8 Å². The smallest absolute Gasteiger partial charge is 0.274 e. The summed E-state index contributed by atoms with van der Waals surface area (Å²) >= 11 is 1.34. The van der Waals surface area contributed by atoms with Crippen molar-refractivity contribution in [3.05, 3.63) is 68.0 Å². The second-order valence-electron chi connectivity index (χ2n) is 5.65. The highest BCUT2D eigenvalue weighted by Gasteiger charge is 2.13. The molecule has 0 atom stereocenters. The molecule has 0 aliphatic heterocycles. The minimum Gasteiger partial charge on any atom is -0.507 e. The SMILES string of the molecule is Cc1cc(C)c2nc3s/c(=C\c4ccccc4O)c(=O)n3c2c1. The number of aromatic hydroxyl groups is 1. The Labute approximate surface area is 136 Å². The van der Waals surface area contributed by atoms with Gasteiger partial charge >= 0.3 is 0 Å². The molecule has 114 valence electrons. The van der Waals surface area contributed by atoms with Crippen molar-refractivity contribution >= 4 is 33.4 Å². The van der Waals surface area contributed by atoms with Crippen LogP contribution in [0.5, 0.6) is 5.75 Å². The van der Waals surface area contributed by atoms with E-state index in [0.717, 1.165) is 22.2 Å². The second kappa shape index (κ2) is 4.93. The van der Waals surface area contributed by atoms with Gasteiger partial charge in [-0.05, 0) is 43.2 Å². The van der Waals surface area contributed by atoms with Gasteiger partial charge < -0.3 is 5.11 Å². The fourth-order valence-corrected chi connectivity index (χ4v) is 3.83. The second-order valence-corrected chi connectivity index (χ2v) is 6.66. The van der Waals surface area contributed by atoms with Crippen LogP contribution in [0.1, 0.15) is 16.7 Å². The molecule has 23 heavy (non-hydrogen) atoms. The number of rotatable bonds is 1. The van der Waals surface area contributed by atoms with Crippen LogP contribution >= 0.6 is 11.3 Å². The summed E-state index contributed by atoms with van der Waals surface area (Å²) in [4.78, 5) is 18.0. The minimum atomic E-state index is -0.0965. The molecular weight excluding hydrogens is 308 g/mol. The number of fused-ring (bicyclic) bond motifs is 3. The van der Waals surface area contributed by atoms with Crippen molar-refractivity contribution < 1.29 is 5.11 Å². The van der Waals surface area contributed by atoms with Crippen molar-refractivity contribution in [3.8, 4) is 5.75 Å². The molecule has 2 aromatic heterocycles. The molecule has 0 unspecified atom stereocenters. The van der Waals surface area contributed by atoms with E-state index in [4.69, 9.17) is 0 Å². The molecule has 2 aromatic carbocycles. The summed E-state index contributed by atoms with van der Waals surface area (Å²) in [6.07, 6.45) is 1.71. The van der Waals surface area contributed by atoms with Crippen LogP contribution in [0.25, 0.3) is 22.1 Å². The van der Waals surface area contributed by atoms with Gasteiger partial charge in [0, 0.05) is 5.56 Å². The highest BCUT2D eigenvalue weighted by Crippen LogP contribution is 2.22. The van der Waals surface area contributed by atoms with E-state index in [0.29, 0.717) is 15.1 Å². The molecule has 0 aliphatic rings. The number of benzene rings is 2. The monoisotopic (exact) mass is 322 g/mol. The molecule has 4 rings (SSSR count). The lowest BCUT2D eigenvalue weighted by atomic mass is 10.1. The summed E-state index contributed by atoms with van der Waals surface area (Å²) in [5.74, 6) is 0.162. The molecule has 5 heteroatoms. The summed E-state index contributed by atoms with van der Waals surface area (Å²) < 4.78 is 2.22. The number of nitrogens with zero attached hydrogens (tertiary/aromatic N) is 2. The van der Waals surface area contributed by atoms with Gasteiger partial charge in [-0.3, -0.25) is 4.79 Å². The van der Waals surface area contributed by atoms with Gasteiger partial charge in [0.05, 0.1) is 15.6 Å². The Morgan fingerprint density at radius 3 is 2.78 bits per heavy atom. The van der Waals surface area contributed by atoms with E-state index in [1.165, 1.54) is 11.3 Å². The maximum atomic E-state index is 12.8. The highest BCUT2D eigenvalue weighted by atomic mass is 32.1. The van der Waals surface area contributed by atoms with E-state index in [1.54, 1.807) is 28.7 Å². The Bertz CT molecular complexity index is 1170. The first-order valence-corrected chi connectivity index (χ1v) is 8.08. The first kappa shape index (κ1) is 14.0. The molecule has 0 amide bonds. The summed E-state index contributed by atoms with van der Waals surface area (Å²) in [5.41, 5.74) is 4.42. The zero-order valence-electron chi connectivity index (χ0n) is 12.7. The fraction of sp³-hybridized carbons (Fsp3) is 0.111. The molecule has 2 heterocycles. The topological polar surface area (TPSA) is 54.6 Å². The lowest BCUT2D eigenvalue weighted by Gasteiger charge is -1.97. The third-order valence-electron chi connectivity index (χ3n) is 3.90. The predicted molar refractivity (Wildman–Crippen MR) is 93.2 cm³/mol. The van der Waals surface area contributed by atoms with Crippen LogP contribution in [0.4, 0.5) is 0 Å². The minimum absolute atomic E-state index is 0.0965. The molecule has 0 bridgehead atoms. The van der Waals surface area contributed by atoms with E-state index in [1.807, 2.05) is 26.0 Å². The van der Waals surface area contributed by atoms with Gasteiger partial charge in [0.1, 0.15) is 5.75 Å². The first-order chi connectivity index (χ1) is 11.0. The number of imidazole rings is 1. The van der Waals surface area contributed by atoms with Crippen molar-refractivity contribution in [2.75, 3.05) is 0 Å². The number of phenols is 1. The Hall–Kier alpha value is -2.66. The average Bonchev–Trinajstić information content (AvgIpc) is 3.00. The van der Waals surface area contributed by atoms with Crippen molar-refractivity contribution in [1.29, 1.82) is 0 Å². The molecule has 0 saturated heterocycles. The van der Waals surface area contributed by atoms with Crippen molar-refractivity contribution in [2.24, 2.45) is 0 Å². The lowest BCUT2D eigenvalue weighted by Crippen LogP contribution is -2.22. The number of thiazole rings is 1. The molecule has 0 fully saturated rings. The summed E-state index contributed by atoms with van der Waals surface area (Å²) in [7, 11) is 0. The van der Waals surface area contributed by atoms with E-state index in [9.17, 15) is 9.90 Å². The van der Waals surface area contributed by atoms with E-state index >= 15 is 0 Å². The van der Waals surface area contributed by atoms with Gasteiger partial charge in [-0.2, -0.15) is 0 Å². The van der Waals surface area contributed by atoms with Gasteiger partial charge in [-0.1, -0.05) is 35.6 Å². The van der Waals surface area contributed by atoms with Gasteiger partial charge in [-0.15, -0.1) is 0 Å². The van der Waals surface area contributed by atoms with Crippen LogP contribution < -0.4 is 10.1 Å². The van der Waals surface area contributed by atoms with E-state index in [2.05, 4.69) is 11.1 Å². The Kier molecular flexibility index (Phi) is 2.99. The Morgan fingerprint density at radius 2 is 2.00 bits per heavy atom. The van der Waals surface area contributed by atoms with Crippen molar-refractivity contribution in [3.63, 3.8) is 0 Å². The molecule has 0 radical (unpaired) electrons. The van der Waals surface area contributed by atoms with Gasteiger partial charge in [0.15, 0.2) is 4.96 Å². The molecule has 0 spiro atoms. The molecular formula is C18H14N2O2S. The Morgan fingerprint density at radius 1 is 1.22 bits per heavy atom. The van der Waals surface area contributed by atoms with Crippen molar-refractivity contribution in [2.45, 2.75) is 13.8 Å². The summed E-state index contributed by atoms with van der Waals surface area (Å²) in [6, 6.07) is 11.0. The lowest BCUT2D eigenvalue weighted by molar-refractivity contribution is 0.474. The molecule has 1 N–H and O–H groups in total. The highest BCUT2D eigenvalue weighted by molar-refractivity contribution is 7.15. The predicted octanol–water partition coefficient (Wildman–Crippen LogP) is 2.78. The van der Waals surface area contributed by atoms with Gasteiger partial charge in [0.2, 0.25) is 0 Å². The quantitative estimate of drug-likeness (QED) is 0.586. The number of hydrogen-bond acceptors (Lipinski definition) is 4. The van der Waals surface area contributed by atoms with E-state index in [-0.39, 0.29) is 11.3 Å². The third kappa shape index (κ3) is 2.12. The van der Waals surface area contributed by atoms with Crippen molar-refractivity contribution in [1.82, 2.24) is 9.38 Å². The average molecular weight is 322 g/mol. The molecule has 4 nitrogen and oxygen atoms in total. The Balaban J connectivity index is 2.07. The maximum absolute atomic E-state index is 12.8. The normalized spacial score (nSPS) is 12.5. The molecule has 4 aromatic rings. The maximum Gasteiger partial charge on any atom is 0.274 e. The molecule has 0 aliphatic carbocycles. The number of aromatic nitrogens is 2. The van der Waals surface area contributed by atoms with Gasteiger partial charge in [-0.25, -0.2) is 9.38 Å². The van der Waals surface area contributed by atoms with Crippen LogP contribution in [-0.4, -0.2) is 14.5 Å². The molecule has 0 saturated carbocycles. The summed E-state index contributed by atoms with van der Waals surface area (Å²) in [5, 5.41) is 9.88. The van der Waals surface area contributed by atoms with E-state index < -0.39 is 0 Å². The van der Waals surface area contributed by atoms with Crippen LogP contribution in [0.2, 0.25) is 0 Å².